The third kappa shape index (κ3) is 3.35. The Morgan fingerprint density at radius 1 is 1.37 bits per heavy atom. The number of carbonyl (C=O) groups excluding carboxylic acids is 1. The Labute approximate surface area is 113 Å². The van der Waals surface area contributed by atoms with Crippen LogP contribution in [-0.4, -0.2) is 43.0 Å². The van der Waals surface area contributed by atoms with Crippen LogP contribution in [0.15, 0.2) is 30.5 Å². The van der Waals surface area contributed by atoms with E-state index in [0.717, 1.165) is 25.0 Å². The fraction of sp³-hybridized carbons (Fsp3) is 0.400. The van der Waals surface area contributed by atoms with E-state index in [1.165, 1.54) is 10.9 Å². The summed E-state index contributed by atoms with van der Waals surface area (Å²) in [4.78, 5) is 16.9. The van der Waals surface area contributed by atoms with E-state index in [4.69, 9.17) is 0 Å². The molecule has 0 unspecified atom stereocenters. The lowest BCUT2D eigenvalue weighted by Crippen LogP contribution is -2.30. The molecule has 0 aliphatic carbocycles. The lowest BCUT2D eigenvalue weighted by Gasteiger charge is -2.16. The summed E-state index contributed by atoms with van der Waals surface area (Å²) in [7, 11) is 3.73. The standard InChI is InChI=1S/C15H21N3O/c1-16-9-7-15(19)18(2)10-8-12-11-17-14-6-4-3-5-13(12)14/h3-6,11,16-17H,7-10H2,1-2H3. The number of H-pyrrole nitrogens is 1. The van der Waals surface area contributed by atoms with Crippen molar-refractivity contribution in [1.29, 1.82) is 0 Å². The van der Waals surface area contributed by atoms with Crippen LogP contribution in [0.1, 0.15) is 12.0 Å². The van der Waals surface area contributed by atoms with Gasteiger partial charge >= 0.3 is 0 Å². The highest BCUT2D eigenvalue weighted by Crippen LogP contribution is 2.18. The number of nitrogens with zero attached hydrogens (tertiary/aromatic N) is 1. The number of carbonyl (C=O) groups is 1. The average Bonchev–Trinajstić information content (AvgIpc) is 2.85. The molecule has 0 saturated heterocycles. The van der Waals surface area contributed by atoms with Gasteiger partial charge in [-0.25, -0.2) is 0 Å². The number of aromatic amines is 1. The summed E-state index contributed by atoms with van der Waals surface area (Å²) in [6, 6.07) is 8.25. The molecule has 4 heteroatoms. The van der Waals surface area contributed by atoms with Gasteiger partial charge in [0.1, 0.15) is 0 Å². The first-order valence-electron chi connectivity index (χ1n) is 6.66. The molecule has 0 aliphatic rings. The Morgan fingerprint density at radius 3 is 2.95 bits per heavy atom. The van der Waals surface area contributed by atoms with Crippen LogP contribution in [0.25, 0.3) is 10.9 Å². The molecule has 0 atom stereocenters. The van der Waals surface area contributed by atoms with Gasteiger partial charge in [-0.15, -0.1) is 0 Å². The van der Waals surface area contributed by atoms with Crippen molar-refractivity contribution < 1.29 is 4.79 Å². The number of fused-ring (bicyclic) bond motifs is 1. The van der Waals surface area contributed by atoms with E-state index in [1.54, 1.807) is 4.90 Å². The highest BCUT2D eigenvalue weighted by Gasteiger charge is 2.09. The second kappa shape index (κ2) is 6.38. The maximum atomic E-state index is 11.8. The van der Waals surface area contributed by atoms with E-state index in [9.17, 15) is 4.79 Å². The van der Waals surface area contributed by atoms with Crippen LogP contribution in [-0.2, 0) is 11.2 Å². The van der Waals surface area contributed by atoms with Crippen molar-refractivity contribution in [2.45, 2.75) is 12.8 Å². The van der Waals surface area contributed by atoms with Gasteiger partial charge < -0.3 is 15.2 Å². The monoisotopic (exact) mass is 259 g/mol. The van der Waals surface area contributed by atoms with Gasteiger partial charge in [0.15, 0.2) is 0 Å². The number of nitrogens with one attached hydrogen (secondary N) is 2. The van der Waals surface area contributed by atoms with E-state index in [0.29, 0.717) is 6.42 Å². The van der Waals surface area contributed by atoms with Crippen LogP contribution in [0.5, 0.6) is 0 Å². The first-order valence-corrected chi connectivity index (χ1v) is 6.66. The molecule has 1 aromatic heterocycles. The van der Waals surface area contributed by atoms with Gasteiger partial charge in [-0.3, -0.25) is 4.79 Å². The molecular formula is C15H21N3O. The molecular weight excluding hydrogens is 238 g/mol. The third-order valence-corrected chi connectivity index (χ3v) is 3.41. The van der Waals surface area contributed by atoms with Gasteiger partial charge in [0.25, 0.3) is 0 Å². The van der Waals surface area contributed by atoms with Crippen molar-refractivity contribution in [2.75, 3.05) is 27.2 Å². The molecule has 2 rings (SSSR count). The van der Waals surface area contributed by atoms with Crippen molar-refractivity contribution in [1.82, 2.24) is 15.2 Å². The van der Waals surface area contributed by atoms with Crippen LogP contribution in [0.2, 0.25) is 0 Å². The minimum Gasteiger partial charge on any atom is -0.361 e. The SMILES string of the molecule is CNCCC(=O)N(C)CCc1c[nH]c2ccccc12. The van der Waals surface area contributed by atoms with Crippen molar-refractivity contribution in [2.24, 2.45) is 0 Å². The molecule has 0 spiro atoms. The summed E-state index contributed by atoms with van der Waals surface area (Å²) in [5.41, 5.74) is 2.42. The summed E-state index contributed by atoms with van der Waals surface area (Å²) < 4.78 is 0. The Bertz CT molecular complexity index is 547. The Kier molecular flexibility index (Phi) is 4.58. The fourth-order valence-electron chi connectivity index (χ4n) is 2.17. The number of amides is 1. The highest BCUT2D eigenvalue weighted by atomic mass is 16.2. The average molecular weight is 259 g/mol. The van der Waals surface area contributed by atoms with Gasteiger partial charge in [0, 0.05) is 43.7 Å². The van der Waals surface area contributed by atoms with E-state index in [2.05, 4.69) is 22.4 Å². The second-order valence-corrected chi connectivity index (χ2v) is 4.78. The van der Waals surface area contributed by atoms with Gasteiger partial charge in [-0.05, 0) is 25.1 Å². The van der Waals surface area contributed by atoms with Crippen LogP contribution < -0.4 is 5.32 Å². The predicted octanol–water partition coefficient (Wildman–Crippen LogP) is 1.78. The van der Waals surface area contributed by atoms with Crippen molar-refractivity contribution in [3.63, 3.8) is 0 Å². The van der Waals surface area contributed by atoms with Gasteiger partial charge in [0.2, 0.25) is 5.91 Å². The lowest BCUT2D eigenvalue weighted by atomic mass is 10.1. The molecule has 19 heavy (non-hydrogen) atoms. The first-order chi connectivity index (χ1) is 9.22. The summed E-state index contributed by atoms with van der Waals surface area (Å²) in [6.07, 6.45) is 3.48. The van der Waals surface area contributed by atoms with E-state index < -0.39 is 0 Å². The molecule has 1 amide bonds. The summed E-state index contributed by atoms with van der Waals surface area (Å²) in [5.74, 6) is 0.189. The maximum Gasteiger partial charge on any atom is 0.223 e. The quantitative estimate of drug-likeness (QED) is 0.830. The first kappa shape index (κ1) is 13.6. The second-order valence-electron chi connectivity index (χ2n) is 4.78. The molecule has 0 bridgehead atoms. The van der Waals surface area contributed by atoms with Crippen molar-refractivity contribution in [3.8, 4) is 0 Å². The molecule has 1 aromatic carbocycles. The number of hydrogen-bond acceptors (Lipinski definition) is 2. The number of para-hydroxylation sites is 1. The molecule has 2 aromatic rings. The molecule has 102 valence electrons. The Morgan fingerprint density at radius 2 is 2.16 bits per heavy atom. The van der Waals surface area contributed by atoms with Gasteiger partial charge in [-0.2, -0.15) is 0 Å². The van der Waals surface area contributed by atoms with Crippen LogP contribution in [0.3, 0.4) is 0 Å². The number of likely N-dealkylation sites (N-methyl/N-ethyl adjacent to an activating group) is 1. The van der Waals surface area contributed by atoms with Crippen LogP contribution in [0, 0.1) is 0 Å². The van der Waals surface area contributed by atoms with E-state index >= 15 is 0 Å². The molecule has 0 radical (unpaired) electrons. The van der Waals surface area contributed by atoms with E-state index in [-0.39, 0.29) is 5.91 Å². The zero-order valence-electron chi connectivity index (χ0n) is 11.6. The smallest absolute Gasteiger partial charge is 0.223 e. The summed E-state index contributed by atoms with van der Waals surface area (Å²) in [5, 5.41) is 4.24. The molecule has 2 N–H and O–H groups in total. The minimum atomic E-state index is 0.189. The normalized spacial score (nSPS) is 10.8. The topological polar surface area (TPSA) is 48.1 Å². The number of benzene rings is 1. The Balaban J connectivity index is 1.93. The Hall–Kier alpha value is -1.81. The summed E-state index contributed by atoms with van der Waals surface area (Å²) >= 11 is 0. The maximum absolute atomic E-state index is 11.8. The van der Waals surface area contributed by atoms with Crippen LogP contribution in [0.4, 0.5) is 0 Å². The highest BCUT2D eigenvalue weighted by molar-refractivity contribution is 5.83. The summed E-state index contributed by atoms with van der Waals surface area (Å²) in [6.45, 7) is 1.49. The number of aromatic nitrogens is 1. The van der Waals surface area contributed by atoms with Gasteiger partial charge in [0.05, 0.1) is 0 Å². The molecule has 0 saturated carbocycles. The number of hydrogen-bond donors (Lipinski definition) is 2. The molecule has 0 aliphatic heterocycles. The van der Waals surface area contributed by atoms with Crippen molar-refractivity contribution >= 4 is 16.8 Å². The number of rotatable bonds is 6. The zero-order valence-corrected chi connectivity index (χ0v) is 11.6. The fourth-order valence-corrected chi connectivity index (χ4v) is 2.17. The predicted molar refractivity (Wildman–Crippen MR) is 78.2 cm³/mol. The molecule has 4 nitrogen and oxygen atoms in total. The van der Waals surface area contributed by atoms with E-state index in [1.807, 2.05) is 32.4 Å². The molecule has 0 fully saturated rings. The van der Waals surface area contributed by atoms with Gasteiger partial charge in [-0.1, -0.05) is 18.2 Å². The molecule has 1 heterocycles. The lowest BCUT2D eigenvalue weighted by molar-refractivity contribution is -0.129. The van der Waals surface area contributed by atoms with Crippen molar-refractivity contribution in [3.05, 3.63) is 36.0 Å². The zero-order chi connectivity index (χ0) is 13.7. The third-order valence-electron chi connectivity index (χ3n) is 3.41. The van der Waals surface area contributed by atoms with Crippen LogP contribution >= 0.6 is 0 Å². The largest absolute Gasteiger partial charge is 0.361 e. The minimum absolute atomic E-state index is 0.189.